The largest absolute Gasteiger partial charge is 0.379 e. The van der Waals surface area contributed by atoms with Crippen molar-refractivity contribution in [3.63, 3.8) is 0 Å². The van der Waals surface area contributed by atoms with Crippen molar-refractivity contribution in [2.75, 3.05) is 45.9 Å². The van der Waals surface area contributed by atoms with E-state index in [9.17, 15) is 13.2 Å². The number of hydrogen-bond acceptors (Lipinski definition) is 6. The summed E-state index contributed by atoms with van der Waals surface area (Å²) < 4.78 is 32.1. The van der Waals surface area contributed by atoms with E-state index in [0.717, 1.165) is 38.2 Å². The van der Waals surface area contributed by atoms with Crippen molar-refractivity contribution < 1.29 is 17.9 Å². The monoisotopic (exact) mass is 491 g/mol. The van der Waals surface area contributed by atoms with Crippen LogP contribution in [-0.4, -0.2) is 69.5 Å². The van der Waals surface area contributed by atoms with Crippen molar-refractivity contribution in [2.24, 2.45) is 5.92 Å². The van der Waals surface area contributed by atoms with Gasteiger partial charge < -0.3 is 10.1 Å². The zero-order valence-electron chi connectivity index (χ0n) is 18.9. The maximum Gasteiger partial charge on any atom is 0.243 e. The first kappa shape index (κ1) is 24.3. The molecule has 1 N–H and O–H groups in total. The molecule has 1 unspecified atom stereocenters. The summed E-state index contributed by atoms with van der Waals surface area (Å²) in [5.74, 6) is 0.544. The van der Waals surface area contributed by atoms with Gasteiger partial charge in [-0.2, -0.15) is 4.31 Å². The average molecular weight is 492 g/mol. The van der Waals surface area contributed by atoms with Crippen LogP contribution in [0.4, 0.5) is 0 Å². The molecule has 2 fully saturated rings. The Morgan fingerprint density at radius 3 is 2.64 bits per heavy atom. The third-order valence-electron chi connectivity index (χ3n) is 6.32. The van der Waals surface area contributed by atoms with Gasteiger partial charge in [-0.15, -0.1) is 11.3 Å². The third-order valence-corrected chi connectivity index (χ3v) is 9.10. The number of nitrogens with zero attached hydrogens (tertiary/aromatic N) is 2. The van der Waals surface area contributed by atoms with Crippen molar-refractivity contribution in [2.45, 2.75) is 37.1 Å². The van der Waals surface area contributed by atoms with Gasteiger partial charge in [-0.05, 0) is 60.9 Å². The number of carbonyl (C=O) groups excluding carboxylic acids is 1. The van der Waals surface area contributed by atoms with Crippen LogP contribution in [0, 0.1) is 5.92 Å². The van der Waals surface area contributed by atoms with Gasteiger partial charge in [-0.1, -0.05) is 18.2 Å². The molecule has 2 aromatic rings. The van der Waals surface area contributed by atoms with Crippen LogP contribution in [0.1, 0.15) is 29.7 Å². The third kappa shape index (κ3) is 6.86. The number of amides is 1. The zero-order chi connectivity index (χ0) is 23.1. The molecule has 3 heterocycles. The summed E-state index contributed by atoms with van der Waals surface area (Å²) in [4.78, 5) is 16.6. The second-order valence-electron chi connectivity index (χ2n) is 8.79. The highest BCUT2D eigenvalue weighted by molar-refractivity contribution is 7.89. The molecule has 2 aliphatic rings. The predicted octanol–water partition coefficient (Wildman–Crippen LogP) is 2.73. The molecule has 7 nitrogen and oxygen atoms in total. The van der Waals surface area contributed by atoms with Crippen LogP contribution in [0.25, 0.3) is 0 Å². The topological polar surface area (TPSA) is 79.0 Å². The van der Waals surface area contributed by atoms with Crippen LogP contribution >= 0.6 is 11.3 Å². The summed E-state index contributed by atoms with van der Waals surface area (Å²) in [6, 6.07) is 11.2. The van der Waals surface area contributed by atoms with E-state index in [1.165, 1.54) is 15.6 Å². The number of rotatable bonds is 9. The molecule has 1 atom stereocenters. The molecule has 9 heteroatoms. The molecule has 1 aromatic carbocycles. The van der Waals surface area contributed by atoms with Crippen LogP contribution in [-0.2, 0) is 32.5 Å². The molecule has 0 radical (unpaired) electrons. The summed E-state index contributed by atoms with van der Waals surface area (Å²) in [5, 5.41) is 5.22. The minimum absolute atomic E-state index is 0.0513. The maximum absolute atomic E-state index is 12.7. The fourth-order valence-electron chi connectivity index (χ4n) is 4.45. The van der Waals surface area contributed by atoms with Crippen molar-refractivity contribution in [3.8, 4) is 0 Å². The molecule has 33 heavy (non-hydrogen) atoms. The van der Waals surface area contributed by atoms with Crippen LogP contribution in [0.5, 0.6) is 0 Å². The van der Waals surface area contributed by atoms with Crippen LogP contribution in [0.2, 0.25) is 0 Å². The molecule has 0 spiro atoms. The Labute approximate surface area is 200 Å². The van der Waals surface area contributed by atoms with Gasteiger partial charge in [0.1, 0.15) is 0 Å². The lowest BCUT2D eigenvalue weighted by Crippen LogP contribution is -2.40. The molecule has 0 aliphatic carbocycles. The first-order valence-electron chi connectivity index (χ1n) is 11.7. The molecule has 4 rings (SSSR count). The molecule has 2 saturated heterocycles. The van der Waals surface area contributed by atoms with E-state index in [2.05, 4.69) is 27.7 Å². The molecule has 0 bridgehead atoms. The van der Waals surface area contributed by atoms with E-state index in [1.54, 1.807) is 23.5 Å². The van der Waals surface area contributed by atoms with E-state index >= 15 is 0 Å². The molecular weight excluding hydrogens is 458 g/mol. The summed E-state index contributed by atoms with van der Waals surface area (Å²) in [5.41, 5.74) is 0.964. The van der Waals surface area contributed by atoms with Gasteiger partial charge in [0.05, 0.1) is 18.1 Å². The lowest BCUT2D eigenvalue weighted by atomic mass is 9.98. The number of nitrogens with one attached hydrogen (secondary N) is 1. The minimum Gasteiger partial charge on any atom is -0.379 e. The molecule has 1 amide bonds. The summed E-state index contributed by atoms with van der Waals surface area (Å²) in [7, 11) is -3.48. The van der Waals surface area contributed by atoms with E-state index < -0.39 is 10.0 Å². The minimum atomic E-state index is -3.48. The van der Waals surface area contributed by atoms with Crippen molar-refractivity contribution in [3.05, 3.63) is 52.2 Å². The second kappa shape index (κ2) is 11.6. The van der Waals surface area contributed by atoms with Gasteiger partial charge in [-0.25, -0.2) is 8.42 Å². The fraction of sp³-hybridized carbons (Fsp3) is 0.542. The first-order valence-corrected chi connectivity index (χ1v) is 14.0. The van der Waals surface area contributed by atoms with E-state index in [4.69, 9.17) is 4.74 Å². The normalized spacial score (nSPS) is 20.5. The number of ether oxygens (including phenoxy) is 1. The lowest BCUT2D eigenvalue weighted by molar-refractivity contribution is -0.121. The smallest absolute Gasteiger partial charge is 0.243 e. The van der Waals surface area contributed by atoms with Gasteiger partial charge in [0.15, 0.2) is 0 Å². The number of aryl methyl sites for hydroxylation is 1. The Hall–Kier alpha value is -1.78. The number of morpholine rings is 1. The van der Waals surface area contributed by atoms with Gasteiger partial charge in [-0.3, -0.25) is 9.69 Å². The van der Waals surface area contributed by atoms with Gasteiger partial charge in [0.2, 0.25) is 15.9 Å². The van der Waals surface area contributed by atoms with Gasteiger partial charge in [0.25, 0.3) is 0 Å². The Bertz CT molecular complexity index is 987. The number of carbonyl (C=O) groups is 1. The molecule has 2 aliphatic heterocycles. The van der Waals surface area contributed by atoms with Crippen molar-refractivity contribution in [1.29, 1.82) is 0 Å². The number of sulfonamides is 1. The quantitative estimate of drug-likeness (QED) is 0.584. The molecular formula is C24H33N3O4S2. The highest BCUT2D eigenvalue weighted by Gasteiger charge is 2.26. The van der Waals surface area contributed by atoms with Crippen molar-refractivity contribution >= 4 is 27.3 Å². The van der Waals surface area contributed by atoms with Crippen molar-refractivity contribution in [1.82, 2.24) is 14.5 Å². The SMILES string of the molecule is O=C(CCc1ccc(S(=O)(=O)N2CCOCC2)cc1)NCC1CCCN(Cc2cccs2)C1. The number of likely N-dealkylation sites (tertiary alicyclic amines) is 1. The number of piperidine rings is 1. The zero-order valence-corrected chi connectivity index (χ0v) is 20.6. The van der Waals surface area contributed by atoms with Crippen LogP contribution in [0.3, 0.4) is 0 Å². The number of hydrogen-bond donors (Lipinski definition) is 1. The molecule has 1 aromatic heterocycles. The Morgan fingerprint density at radius 2 is 1.91 bits per heavy atom. The van der Waals surface area contributed by atoms with Gasteiger partial charge in [0, 0.05) is 44.0 Å². The van der Waals surface area contributed by atoms with E-state index in [-0.39, 0.29) is 5.91 Å². The Kier molecular flexibility index (Phi) is 8.54. The predicted molar refractivity (Wildman–Crippen MR) is 130 cm³/mol. The average Bonchev–Trinajstić information content (AvgIpc) is 3.35. The number of thiophene rings is 1. The summed E-state index contributed by atoms with van der Waals surface area (Å²) >= 11 is 1.80. The summed E-state index contributed by atoms with van der Waals surface area (Å²) in [6.07, 6.45) is 3.33. The second-order valence-corrected chi connectivity index (χ2v) is 11.8. The maximum atomic E-state index is 12.7. The fourth-order valence-corrected chi connectivity index (χ4v) is 6.61. The molecule has 180 valence electrons. The van der Waals surface area contributed by atoms with Crippen LogP contribution in [0.15, 0.2) is 46.7 Å². The van der Waals surface area contributed by atoms with E-state index in [0.29, 0.717) is 50.0 Å². The summed E-state index contributed by atoms with van der Waals surface area (Å²) in [6.45, 7) is 5.50. The first-order chi connectivity index (χ1) is 16.0. The number of benzene rings is 1. The standard InChI is InChI=1S/C24H33N3O4S2/c28-24(25-17-21-3-1-11-26(18-21)19-22-4-2-16-32-22)10-7-20-5-8-23(9-6-20)33(29,30)27-12-14-31-15-13-27/h2,4-6,8-9,16,21H,1,3,7,10-15,17-19H2,(H,25,28). The Balaban J connectivity index is 1.19. The lowest BCUT2D eigenvalue weighted by Gasteiger charge is -2.32. The highest BCUT2D eigenvalue weighted by Crippen LogP contribution is 2.21. The van der Waals surface area contributed by atoms with Gasteiger partial charge >= 0.3 is 0 Å². The van der Waals surface area contributed by atoms with E-state index in [1.807, 2.05) is 12.1 Å². The van der Waals surface area contributed by atoms with Crippen LogP contribution < -0.4 is 5.32 Å². The Morgan fingerprint density at radius 1 is 1.12 bits per heavy atom. The highest BCUT2D eigenvalue weighted by atomic mass is 32.2. The molecule has 0 saturated carbocycles.